The SMILES string of the molecule is COc1ccc(CC(=O)CN)cc1. The van der Waals surface area contributed by atoms with Crippen LogP contribution in [-0.2, 0) is 11.2 Å². The first-order valence-corrected chi connectivity index (χ1v) is 4.11. The molecule has 1 rings (SSSR count). The van der Waals surface area contributed by atoms with Gasteiger partial charge in [0.1, 0.15) is 5.75 Å². The third-order valence-electron chi connectivity index (χ3n) is 1.79. The molecule has 1 aromatic rings. The lowest BCUT2D eigenvalue weighted by molar-refractivity contribution is -0.117. The topological polar surface area (TPSA) is 52.3 Å². The van der Waals surface area contributed by atoms with Gasteiger partial charge in [-0.3, -0.25) is 4.79 Å². The van der Waals surface area contributed by atoms with Gasteiger partial charge in [0.25, 0.3) is 0 Å². The summed E-state index contributed by atoms with van der Waals surface area (Å²) in [5.41, 5.74) is 6.17. The van der Waals surface area contributed by atoms with Gasteiger partial charge in [-0.1, -0.05) is 12.1 Å². The molecule has 0 saturated carbocycles. The smallest absolute Gasteiger partial charge is 0.150 e. The number of carbonyl (C=O) groups is 1. The second-order valence-electron chi connectivity index (χ2n) is 2.77. The molecular formula is C10H13NO2. The summed E-state index contributed by atoms with van der Waals surface area (Å²) >= 11 is 0. The molecule has 0 aliphatic carbocycles. The number of ketones is 1. The van der Waals surface area contributed by atoms with Gasteiger partial charge in [0, 0.05) is 6.42 Å². The summed E-state index contributed by atoms with van der Waals surface area (Å²) in [6.45, 7) is 0.103. The summed E-state index contributed by atoms with van der Waals surface area (Å²) in [4.78, 5) is 11.0. The quantitative estimate of drug-likeness (QED) is 0.742. The van der Waals surface area contributed by atoms with E-state index in [9.17, 15) is 4.79 Å². The molecule has 0 fully saturated rings. The Morgan fingerprint density at radius 2 is 2.00 bits per heavy atom. The molecular weight excluding hydrogens is 166 g/mol. The fraction of sp³-hybridized carbons (Fsp3) is 0.300. The fourth-order valence-electron chi connectivity index (χ4n) is 1.04. The Balaban J connectivity index is 2.64. The van der Waals surface area contributed by atoms with Gasteiger partial charge in [0.15, 0.2) is 5.78 Å². The van der Waals surface area contributed by atoms with E-state index in [0.717, 1.165) is 11.3 Å². The van der Waals surface area contributed by atoms with Crippen LogP contribution in [0.5, 0.6) is 5.75 Å². The zero-order valence-corrected chi connectivity index (χ0v) is 7.62. The minimum Gasteiger partial charge on any atom is -0.497 e. The van der Waals surface area contributed by atoms with E-state index >= 15 is 0 Å². The van der Waals surface area contributed by atoms with Crippen LogP contribution in [0.15, 0.2) is 24.3 Å². The molecule has 2 N–H and O–H groups in total. The summed E-state index contributed by atoms with van der Waals surface area (Å²) in [5, 5.41) is 0. The third kappa shape index (κ3) is 2.87. The molecule has 0 atom stereocenters. The van der Waals surface area contributed by atoms with Crippen LogP contribution < -0.4 is 10.5 Å². The van der Waals surface area contributed by atoms with Crippen LogP contribution in [0.25, 0.3) is 0 Å². The van der Waals surface area contributed by atoms with E-state index in [1.54, 1.807) is 7.11 Å². The number of rotatable bonds is 4. The minimum atomic E-state index is 0.0465. The predicted octanol–water partition coefficient (Wildman–Crippen LogP) is 0.765. The molecule has 70 valence electrons. The van der Waals surface area contributed by atoms with Crippen molar-refractivity contribution in [1.29, 1.82) is 0 Å². The number of hydrogen-bond donors (Lipinski definition) is 1. The van der Waals surface area contributed by atoms with Crippen molar-refractivity contribution in [3.63, 3.8) is 0 Å². The van der Waals surface area contributed by atoms with Gasteiger partial charge >= 0.3 is 0 Å². The number of methoxy groups -OCH3 is 1. The van der Waals surface area contributed by atoms with E-state index in [4.69, 9.17) is 10.5 Å². The summed E-state index contributed by atoms with van der Waals surface area (Å²) in [5.74, 6) is 0.842. The molecule has 0 spiro atoms. The third-order valence-corrected chi connectivity index (χ3v) is 1.79. The first-order chi connectivity index (χ1) is 6.26. The van der Waals surface area contributed by atoms with E-state index < -0.39 is 0 Å². The molecule has 0 heterocycles. The highest BCUT2D eigenvalue weighted by Gasteiger charge is 2.00. The van der Waals surface area contributed by atoms with Gasteiger partial charge in [-0.25, -0.2) is 0 Å². The van der Waals surface area contributed by atoms with Crippen LogP contribution >= 0.6 is 0 Å². The van der Waals surface area contributed by atoms with E-state index in [2.05, 4.69) is 0 Å². The average Bonchev–Trinajstić information content (AvgIpc) is 2.19. The summed E-state index contributed by atoms with van der Waals surface area (Å²) in [6.07, 6.45) is 0.403. The van der Waals surface area contributed by atoms with Crippen molar-refractivity contribution in [1.82, 2.24) is 0 Å². The van der Waals surface area contributed by atoms with Crippen molar-refractivity contribution in [2.45, 2.75) is 6.42 Å². The minimum absolute atomic E-state index is 0.0465. The maximum atomic E-state index is 11.0. The first kappa shape index (κ1) is 9.74. The van der Waals surface area contributed by atoms with E-state index in [1.807, 2.05) is 24.3 Å². The number of nitrogens with two attached hydrogens (primary N) is 1. The van der Waals surface area contributed by atoms with Crippen LogP contribution in [0, 0.1) is 0 Å². The molecule has 0 saturated heterocycles. The Kier molecular flexibility index (Phi) is 3.46. The van der Waals surface area contributed by atoms with E-state index in [1.165, 1.54) is 0 Å². The zero-order valence-electron chi connectivity index (χ0n) is 7.62. The number of ether oxygens (including phenoxy) is 1. The van der Waals surface area contributed by atoms with Crippen molar-refractivity contribution in [3.05, 3.63) is 29.8 Å². The lowest BCUT2D eigenvalue weighted by atomic mass is 10.1. The second kappa shape index (κ2) is 4.62. The van der Waals surface area contributed by atoms with Crippen molar-refractivity contribution < 1.29 is 9.53 Å². The van der Waals surface area contributed by atoms with Crippen molar-refractivity contribution >= 4 is 5.78 Å². The molecule has 1 aromatic carbocycles. The van der Waals surface area contributed by atoms with Crippen molar-refractivity contribution in [3.8, 4) is 5.75 Å². The summed E-state index contributed by atoms with van der Waals surface area (Å²) < 4.78 is 4.99. The van der Waals surface area contributed by atoms with Gasteiger partial charge in [0.05, 0.1) is 13.7 Å². The molecule has 0 aliphatic heterocycles. The normalized spacial score (nSPS) is 9.69. The largest absolute Gasteiger partial charge is 0.497 e. The average molecular weight is 179 g/mol. The highest BCUT2D eigenvalue weighted by atomic mass is 16.5. The molecule has 0 aliphatic rings. The van der Waals surface area contributed by atoms with E-state index in [-0.39, 0.29) is 12.3 Å². The highest BCUT2D eigenvalue weighted by molar-refractivity contribution is 5.82. The Labute approximate surface area is 77.5 Å². The van der Waals surface area contributed by atoms with Crippen LogP contribution in [0.2, 0.25) is 0 Å². The molecule has 13 heavy (non-hydrogen) atoms. The zero-order chi connectivity index (χ0) is 9.68. The molecule has 0 amide bonds. The summed E-state index contributed by atoms with van der Waals surface area (Å²) in [6, 6.07) is 7.40. The van der Waals surface area contributed by atoms with Crippen LogP contribution in [0.4, 0.5) is 0 Å². The Morgan fingerprint density at radius 1 is 1.38 bits per heavy atom. The molecule has 3 nitrogen and oxygen atoms in total. The Bertz CT molecular complexity index is 279. The number of hydrogen-bond acceptors (Lipinski definition) is 3. The van der Waals surface area contributed by atoms with Crippen LogP contribution in [0.1, 0.15) is 5.56 Å². The Morgan fingerprint density at radius 3 is 2.46 bits per heavy atom. The molecule has 0 bridgehead atoms. The predicted molar refractivity (Wildman–Crippen MR) is 50.8 cm³/mol. The van der Waals surface area contributed by atoms with Crippen LogP contribution in [0.3, 0.4) is 0 Å². The molecule has 0 aromatic heterocycles. The van der Waals surface area contributed by atoms with Gasteiger partial charge in [-0.2, -0.15) is 0 Å². The summed E-state index contributed by atoms with van der Waals surface area (Å²) in [7, 11) is 1.61. The van der Waals surface area contributed by atoms with Gasteiger partial charge in [-0.15, -0.1) is 0 Å². The van der Waals surface area contributed by atoms with Gasteiger partial charge < -0.3 is 10.5 Å². The lowest BCUT2D eigenvalue weighted by Crippen LogP contribution is -2.15. The standard InChI is InChI=1S/C10H13NO2/c1-13-10-4-2-8(3-5-10)6-9(12)7-11/h2-5H,6-7,11H2,1H3. The maximum Gasteiger partial charge on any atom is 0.150 e. The first-order valence-electron chi connectivity index (χ1n) is 4.11. The number of carbonyl (C=O) groups excluding carboxylic acids is 1. The maximum absolute atomic E-state index is 11.0. The molecule has 0 unspecified atom stereocenters. The number of benzene rings is 1. The van der Waals surface area contributed by atoms with Crippen molar-refractivity contribution in [2.75, 3.05) is 13.7 Å². The van der Waals surface area contributed by atoms with Gasteiger partial charge in [-0.05, 0) is 17.7 Å². The van der Waals surface area contributed by atoms with Gasteiger partial charge in [0.2, 0.25) is 0 Å². The van der Waals surface area contributed by atoms with Crippen molar-refractivity contribution in [2.24, 2.45) is 5.73 Å². The highest BCUT2D eigenvalue weighted by Crippen LogP contribution is 2.11. The second-order valence-corrected chi connectivity index (χ2v) is 2.77. The fourth-order valence-corrected chi connectivity index (χ4v) is 1.04. The monoisotopic (exact) mass is 179 g/mol. The number of Topliss-reactive ketones (excluding diaryl/α,β-unsaturated/α-hetero) is 1. The van der Waals surface area contributed by atoms with E-state index in [0.29, 0.717) is 6.42 Å². The Hall–Kier alpha value is -1.35. The van der Waals surface area contributed by atoms with Crippen LogP contribution in [-0.4, -0.2) is 19.4 Å². The lowest BCUT2D eigenvalue weighted by Gasteiger charge is -2.01. The molecule has 3 heteroatoms. The molecule has 0 radical (unpaired) electrons.